The number of rotatable bonds is 3. The first kappa shape index (κ1) is 13.5. The van der Waals surface area contributed by atoms with Crippen LogP contribution >= 0.6 is 15.9 Å². The fraction of sp³-hybridized carbons (Fsp3) is 0.308. The molecule has 1 heterocycles. The van der Waals surface area contributed by atoms with E-state index in [1.54, 1.807) is 6.07 Å². The van der Waals surface area contributed by atoms with Gasteiger partial charge in [-0.15, -0.1) is 13.2 Å². The number of nitrogens with zero attached hydrogens (tertiary/aromatic N) is 1. The molecule has 0 spiro atoms. The topological polar surface area (TPSA) is 35.3 Å². The predicted octanol–water partition coefficient (Wildman–Crippen LogP) is 4.88. The summed E-state index contributed by atoms with van der Waals surface area (Å²) >= 11 is 3.35. The first-order valence-electron chi connectivity index (χ1n) is 5.96. The van der Waals surface area contributed by atoms with E-state index in [1.807, 2.05) is 0 Å². The molecule has 1 fully saturated rings. The Morgan fingerprint density at radius 1 is 1.25 bits per heavy atom. The van der Waals surface area contributed by atoms with Crippen LogP contribution in [-0.4, -0.2) is 11.5 Å². The minimum Gasteiger partial charge on any atom is -0.405 e. The molecule has 1 saturated carbocycles. The van der Waals surface area contributed by atoms with Crippen LogP contribution in [-0.2, 0) is 0 Å². The number of para-hydroxylation sites is 1. The van der Waals surface area contributed by atoms with Gasteiger partial charge in [-0.1, -0.05) is 17.3 Å². The highest BCUT2D eigenvalue weighted by atomic mass is 79.9. The predicted molar refractivity (Wildman–Crippen MR) is 68.3 cm³/mol. The summed E-state index contributed by atoms with van der Waals surface area (Å²) in [6.07, 6.45) is -2.73. The Kier molecular flexibility index (Phi) is 3.24. The molecule has 7 heteroatoms. The molecule has 3 nitrogen and oxygen atoms in total. The van der Waals surface area contributed by atoms with Crippen LogP contribution in [0.5, 0.6) is 5.75 Å². The summed E-state index contributed by atoms with van der Waals surface area (Å²) in [5, 5.41) is 3.87. The molecule has 1 aliphatic carbocycles. The molecule has 0 radical (unpaired) electrons. The summed E-state index contributed by atoms with van der Waals surface area (Å²) in [6.45, 7) is 0. The van der Waals surface area contributed by atoms with Crippen LogP contribution in [0, 0.1) is 0 Å². The zero-order valence-corrected chi connectivity index (χ0v) is 11.7. The van der Waals surface area contributed by atoms with E-state index >= 15 is 0 Å². The van der Waals surface area contributed by atoms with Gasteiger partial charge in [0.1, 0.15) is 11.4 Å². The molecule has 0 atom stereocenters. The van der Waals surface area contributed by atoms with E-state index in [0.29, 0.717) is 21.8 Å². The smallest absolute Gasteiger partial charge is 0.405 e. The molecule has 0 bridgehead atoms. The van der Waals surface area contributed by atoms with E-state index in [1.165, 1.54) is 18.2 Å². The van der Waals surface area contributed by atoms with Crippen LogP contribution in [0.25, 0.3) is 11.3 Å². The number of hydrogen-bond acceptors (Lipinski definition) is 3. The lowest BCUT2D eigenvalue weighted by molar-refractivity contribution is -0.274. The van der Waals surface area contributed by atoms with Gasteiger partial charge in [0.05, 0.1) is 4.47 Å². The van der Waals surface area contributed by atoms with Gasteiger partial charge in [-0.05, 0) is 40.9 Å². The van der Waals surface area contributed by atoms with E-state index in [4.69, 9.17) is 4.52 Å². The van der Waals surface area contributed by atoms with Gasteiger partial charge in [0.25, 0.3) is 0 Å². The molecular formula is C13H9BrF3NO2. The van der Waals surface area contributed by atoms with Gasteiger partial charge in [-0.2, -0.15) is 0 Å². The molecule has 106 valence electrons. The average Bonchev–Trinajstić information content (AvgIpc) is 3.13. The molecule has 0 amide bonds. The van der Waals surface area contributed by atoms with Crippen molar-refractivity contribution in [3.8, 4) is 17.0 Å². The van der Waals surface area contributed by atoms with Gasteiger partial charge in [-0.25, -0.2) is 0 Å². The summed E-state index contributed by atoms with van der Waals surface area (Å²) < 4.78 is 47.1. The first-order chi connectivity index (χ1) is 9.46. The number of hydrogen-bond donors (Lipinski definition) is 0. The van der Waals surface area contributed by atoms with Crippen molar-refractivity contribution in [1.82, 2.24) is 5.16 Å². The maximum atomic E-state index is 12.4. The van der Waals surface area contributed by atoms with Crippen LogP contribution in [0.1, 0.15) is 24.5 Å². The average molecular weight is 348 g/mol. The van der Waals surface area contributed by atoms with Gasteiger partial charge in [0.15, 0.2) is 5.76 Å². The summed E-state index contributed by atoms with van der Waals surface area (Å²) in [4.78, 5) is 0. The van der Waals surface area contributed by atoms with E-state index in [0.717, 1.165) is 12.8 Å². The molecule has 0 saturated heterocycles. The van der Waals surface area contributed by atoms with Crippen molar-refractivity contribution in [2.24, 2.45) is 0 Å². The number of benzene rings is 1. The van der Waals surface area contributed by atoms with Gasteiger partial charge in [0, 0.05) is 11.5 Å². The lowest BCUT2D eigenvalue weighted by atomic mass is 10.1. The van der Waals surface area contributed by atoms with Crippen LogP contribution in [0.3, 0.4) is 0 Å². The van der Waals surface area contributed by atoms with Crippen LogP contribution in [0.4, 0.5) is 13.2 Å². The van der Waals surface area contributed by atoms with Crippen molar-refractivity contribution in [1.29, 1.82) is 0 Å². The normalized spacial score (nSPS) is 15.4. The van der Waals surface area contributed by atoms with Crippen LogP contribution in [0.15, 0.2) is 33.3 Å². The lowest BCUT2D eigenvalue weighted by Gasteiger charge is -2.11. The zero-order valence-electron chi connectivity index (χ0n) is 10.1. The second kappa shape index (κ2) is 4.80. The molecule has 20 heavy (non-hydrogen) atoms. The van der Waals surface area contributed by atoms with E-state index in [2.05, 4.69) is 25.8 Å². The van der Waals surface area contributed by atoms with Crippen molar-refractivity contribution in [3.05, 3.63) is 34.5 Å². The molecule has 2 aromatic rings. The minimum atomic E-state index is -4.74. The number of alkyl halides is 3. The maximum absolute atomic E-state index is 12.4. The lowest BCUT2D eigenvalue weighted by Crippen LogP contribution is -2.17. The Morgan fingerprint density at radius 3 is 2.60 bits per heavy atom. The van der Waals surface area contributed by atoms with E-state index in [9.17, 15) is 13.2 Å². The summed E-state index contributed by atoms with van der Waals surface area (Å²) in [5.74, 6) is 0.694. The number of halogens is 4. The number of ether oxygens (including phenoxy) is 1. The highest BCUT2D eigenvalue weighted by molar-refractivity contribution is 9.10. The van der Waals surface area contributed by atoms with E-state index < -0.39 is 6.36 Å². The maximum Gasteiger partial charge on any atom is 0.573 e. The standard InChI is InChI=1S/C13H9BrF3NO2/c14-10-11(18-20-12(10)7-5-6-7)8-3-1-2-4-9(8)19-13(15,16)17/h1-4,7H,5-6H2. The molecule has 0 unspecified atom stereocenters. The van der Waals surface area contributed by atoms with Crippen molar-refractivity contribution in [3.63, 3.8) is 0 Å². The van der Waals surface area contributed by atoms with Gasteiger partial charge in [0.2, 0.25) is 0 Å². The van der Waals surface area contributed by atoms with Gasteiger partial charge < -0.3 is 9.26 Å². The third-order valence-corrected chi connectivity index (χ3v) is 3.74. The fourth-order valence-electron chi connectivity index (χ4n) is 1.93. The summed E-state index contributed by atoms with van der Waals surface area (Å²) in [5.41, 5.74) is 0.569. The summed E-state index contributed by atoms with van der Waals surface area (Å²) in [6, 6.07) is 5.86. The third-order valence-electron chi connectivity index (χ3n) is 2.98. The SMILES string of the molecule is FC(F)(F)Oc1ccccc1-c1noc(C2CC2)c1Br. The highest BCUT2D eigenvalue weighted by Gasteiger charge is 2.35. The Hall–Kier alpha value is -1.50. The monoisotopic (exact) mass is 347 g/mol. The quantitative estimate of drug-likeness (QED) is 0.793. The fourth-order valence-corrected chi connectivity index (χ4v) is 2.62. The van der Waals surface area contributed by atoms with Crippen LogP contribution in [0.2, 0.25) is 0 Å². The highest BCUT2D eigenvalue weighted by Crippen LogP contribution is 2.47. The Labute approximate surface area is 120 Å². The van der Waals surface area contributed by atoms with Crippen LogP contribution < -0.4 is 4.74 Å². The second-order valence-electron chi connectivity index (χ2n) is 4.53. The molecular weight excluding hydrogens is 339 g/mol. The first-order valence-corrected chi connectivity index (χ1v) is 6.75. The Morgan fingerprint density at radius 2 is 1.95 bits per heavy atom. The minimum absolute atomic E-state index is 0.243. The second-order valence-corrected chi connectivity index (χ2v) is 5.32. The zero-order chi connectivity index (χ0) is 14.3. The number of aromatic nitrogens is 1. The van der Waals surface area contributed by atoms with Gasteiger partial charge >= 0.3 is 6.36 Å². The largest absolute Gasteiger partial charge is 0.573 e. The van der Waals surface area contributed by atoms with Crippen molar-refractivity contribution >= 4 is 15.9 Å². The van der Waals surface area contributed by atoms with Crippen molar-refractivity contribution < 1.29 is 22.4 Å². The van der Waals surface area contributed by atoms with Gasteiger partial charge in [-0.3, -0.25) is 0 Å². The molecule has 0 N–H and O–H groups in total. The molecule has 1 aromatic carbocycles. The molecule has 1 aromatic heterocycles. The van der Waals surface area contributed by atoms with Crippen molar-refractivity contribution in [2.45, 2.75) is 25.1 Å². The van der Waals surface area contributed by atoms with E-state index in [-0.39, 0.29) is 11.3 Å². The third kappa shape index (κ3) is 2.67. The summed E-state index contributed by atoms with van der Waals surface area (Å²) in [7, 11) is 0. The Bertz CT molecular complexity index is 635. The molecule has 1 aliphatic rings. The van der Waals surface area contributed by atoms with Crippen molar-refractivity contribution in [2.75, 3.05) is 0 Å². The molecule has 0 aliphatic heterocycles. The Balaban J connectivity index is 2.01. The molecule has 3 rings (SSSR count).